The molecule has 0 saturated heterocycles. The number of aromatic nitrogens is 2. The second-order valence-electron chi connectivity index (χ2n) is 6.16. The van der Waals surface area contributed by atoms with Crippen LogP contribution < -0.4 is 0 Å². The third-order valence-corrected chi connectivity index (χ3v) is 3.40. The van der Waals surface area contributed by atoms with Crippen molar-refractivity contribution in [1.82, 2.24) is 9.55 Å². The maximum Gasteiger partial charge on any atom is 0.337 e. The Hall–Kier alpha value is -1.88. The number of methoxy groups -OCH3 is 1. The molecule has 0 atom stereocenters. The zero-order valence-corrected chi connectivity index (χ0v) is 13.0. The molecule has 2 aromatic rings. The van der Waals surface area contributed by atoms with E-state index in [-0.39, 0.29) is 5.41 Å². The number of carboxylic acid groups (broad SMARTS) is 1. The molecular formula is C16H22N2O3. The Kier molecular flexibility index (Phi) is 4.32. The molecule has 0 aliphatic carbocycles. The molecule has 0 radical (unpaired) electrons. The fourth-order valence-electron chi connectivity index (χ4n) is 2.52. The molecule has 0 saturated carbocycles. The molecule has 5 nitrogen and oxygen atoms in total. The molecule has 0 fully saturated rings. The highest BCUT2D eigenvalue weighted by Crippen LogP contribution is 2.28. The maximum absolute atomic E-state index is 11.5. The van der Waals surface area contributed by atoms with Gasteiger partial charge < -0.3 is 14.4 Å². The summed E-state index contributed by atoms with van der Waals surface area (Å²) < 4.78 is 7.13. The van der Waals surface area contributed by atoms with E-state index in [2.05, 4.69) is 25.8 Å². The van der Waals surface area contributed by atoms with Gasteiger partial charge in [0.05, 0.1) is 16.6 Å². The number of carbonyl (C=O) groups is 1. The molecule has 0 bridgehead atoms. The SMILES string of the molecule is COCCCn1c(C(C)(C)C)nc2cccc(C(=O)O)c21. The fraction of sp³-hybridized carbons (Fsp3) is 0.500. The average molecular weight is 290 g/mol. The summed E-state index contributed by atoms with van der Waals surface area (Å²) in [6, 6.07) is 5.24. The number of ether oxygens (including phenoxy) is 1. The predicted molar refractivity (Wildman–Crippen MR) is 81.9 cm³/mol. The van der Waals surface area contributed by atoms with E-state index in [0.29, 0.717) is 24.2 Å². The summed E-state index contributed by atoms with van der Waals surface area (Å²) in [6.07, 6.45) is 0.818. The van der Waals surface area contributed by atoms with Gasteiger partial charge in [-0.15, -0.1) is 0 Å². The molecule has 0 aliphatic heterocycles. The Labute approximate surface area is 124 Å². The van der Waals surface area contributed by atoms with E-state index in [4.69, 9.17) is 4.74 Å². The first-order valence-corrected chi connectivity index (χ1v) is 7.08. The molecular weight excluding hydrogens is 268 g/mol. The number of imidazole rings is 1. The van der Waals surface area contributed by atoms with Crippen molar-refractivity contribution in [3.8, 4) is 0 Å². The highest BCUT2D eigenvalue weighted by Gasteiger charge is 2.25. The minimum atomic E-state index is -0.922. The van der Waals surface area contributed by atoms with Gasteiger partial charge in [0.2, 0.25) is 0 Å². The second-order valence-corrected chi connectivity index (χ2v) is 6.16. The van der Waals surface area contributed by atoms with Crippen molar-refractivity contribution < 1.29 is 14.6 Å². The fourth-order valence-corrected chi connectivity index (χ4v) is 2.52. The van der Waals surface area contributed by atoms with Crippen LogP contribution in [0.4, 0.5) is 0 Å². The zero-order chi connectivity index (χ0) is 15.6. The van der Waals surface area contributed by atoms with Gasteiger partial charge in [-0.25, -0.2) is 9.78 Å². The van der Waals surface area contributed by atoms with Crippen molar-refractivity contribution in [2.24, 2.45) is 0 Å². The van der Waals surface area contributed by atoms with Gasteiger partial charge in [-0.2, -0.15) is 0 Å². The van der Waals surface area contributed by atoms with Crippen LogP contribution in [0.5, 0.6) is 0 Å². The molecule has 5 heteroatoms. The van der Waals surface area contributed by atoms with Gasteiger partial charge in [-0.05, 0) is 18.6 Å². The van der Waals surface area contributed by atoms with Gasteiger partial charge in [0.1, 0.15) is 5.82 Å². The van der Waals surface area contributed by atoms with Crippen molar-refractivity contribution in [1.29, 1.82) is 0 Å². The third-order valence-electron chi connectivity index (χ3n) is 3.40. The number of aryl methyl sites for hydroxylation is 1. The molecule has 1 heterocycles. The highest BCUT2D eigenvalue weighted by atomic mass is 16.5. The normalized spacial score (nSPS) is 12.0. The van der Waals surface area contributed by atoms with Crippen molar-refractivity contribution in [2.45, 2.75) is 39.2 Å². The standard InChI is InChI=1S/C16H22N2O3/c1-16(2,3)15-17-12-8-5-7-11(14(19)20)13(12)18(15)9-6-10-21-4/h5,7-8H,6,9-10H2,1-4H3,(H,19,20). The van der Waals surface area contributed by atoms with Crippen LogP contribution in [0.3, 0.4) is 0 Å². The van der Waals surface area contributed by atoms with Crippen molar-refractivity contribution in [3.63, 3.8) is 0 Å². The van der Waals surface area contributed by atoms with Crippen molar-refractivity contribution in [3.05, 3.63) is 29.6 Å². The van der Waals surface area contributed by atoms with Gasteiger partial charge in [0, 0.05) is 25.7 Å². The smallest absolute Gasteiger partial charge is 0.337 e. The molecule has 21 heavy (non-hydrogen) atoms. The van der Waals surface area contributed by atoms with E-state index >= 15 is 0 Å². The summed E-state index contributed by atoms with van der Waals surface area (Å²) in [5.41, 5.74) is 1.58. The van der Waals surface area contributed by atoms with Crippen molar-refractivity contribution >= 4 is 17.0 Å². The Bertz CT molecular complexity index is 653. The third kappa shape index (κ3) is 3.08. The first kappa shape index (κ1) is 15.5. The number of hydrogen-bond donors (Lipinski definition) is 1. The topological polar surface area (TPSA) is 64.4 Å². The number of hydrogen-bond acceptors (Lipinski definition) is 3. The zero-order valence-electron chi connectivity index (χ0n) is 13.0. The Morgan fingerprint density at radius 1 is 1.38 bits per heavy atom. The summed E-state index contributed by atoms with van der Waals surface area (Å²) in [5.74, 6) is -0.0174. The van der Waals surface area contributed by atoms with Gasteiger partial charge in [-0.3, -0.25) is 0 Å². The minimum Gasteiger partial charge on any atom is -0.478 e. The Balaban J connectivity index is 2.65. The quantitative estimate of drug-likeness (QED) is 0.860. The van der Waals surface area contributed by atoms with Crippen LogP contribution in [0.25, 0.3) is 11.0 Å². The number of rotatable bonds is 5. The maximum atomic E-state index is 11.5. The van der Waals surface area contributed by atoms with E-state index in [1.165, 1.54) is 0 Å². The lowest BCUT2D eigenvalue weighted by Crippen LogP contribution is -2.20. The number of para-hydroxylation sites is 1. The second kappa shape index (κ2) is 5.85. The van der Waals surface area contributed by atoms with E-state index in [1.807, 2.05) is 10.6 Å². The number of benzene rings is 1. The number of carboxylic acids is 1. The van der Waals surface area contributed by atoms with Crippen LogP contribution in [-0.4, -0.2) is 34.3 Å². The average Bonchev–Trinajstić information content (AvgIpc) is 2.78. The highest BCUT2D eigenvalue weighted by molar-refractivity contribution is 6.01. The van der Waals surface area contributed by atoms with Crippen LogP contribution in [-0.2, 0) is 16.7 Å². The lowest BCUT2D eigenvalue weighted by molar-refractivity contribution is 0.0698. The minimum absolute atomic E-state index is 0.151. The first-order valence-electron chi connectivity index (χ1n) is 7.08. The van der Waals surface area contributed by atoms with E-state index in [1.54, 1.807) is 19.2 Å². The molecule has 1 aromatic carbocycles. The lowest BCUT2D eigenvalue weighted by atomic mass is 9.95. The number of nitrogens with zero attached hydrogens (tertiary/aromatic N) is 2. The van der Waals surface area contributed by atoms with Gasteiger partial charge in [-0.1, -0.05) is 26.8 Å². The van der Waals surface area contributed by atoms with Crippen LogP contribution in [0.15, 0.2) is 18.2 Å². The molecule has 0 unspecified atom stereocenters. The van der Waals surface area contributed by atoms with E-state index < -0.39 is 5.97 Å². The monoisotopic (exact) mass is 290 g/mol. The number of aromatic carboxylic acids is 1. The molecule has 1 aromatic heterocycles. The number of fused-ring (bicyclic) bond motifs is 1. The van der Waals surface area contributed by atoms with E-state index in [9.17, 15) is 9.90 Å². The summed E-state index contributed by atoms with van der Waals surface area (Å²) in [4.78, 5) is 16.2. The molecule has 0 spiro atoms. The molecule has 114 valence electrons. The van der Waals surface area contributed by atoms with Crippen LogP contribution in [0, 0.1) is 0 Å². The summed E-state index contributed by atoms with van der Waals surface area (Å²) >= 11 is 0. The van der Waals surface area contributed by atoms with Crippen LogP contribution in [0.2, 0.25) is 0 Å². The largest absolute Gasteiger partial charge is 0.478 e. The Morgan fingerprint density at radius 2 is 2.10 bits per heavy atom. The molecule has 2 rings (SSSR count). The van der Waals surface area contributed by atoms with Crippen molar-refractivity contribution in [2.75, 3.05) is 13.7 Å². The van der Waals surface area contributed by atoms with Gasteiger partial charge >= 0.3 is 5.97 Å². The van der Waals surface area contributed by atoms with Gasteiger partial charge in [0.15, 0.2) is 0 Å². The molecule has 0 amide bonds. The first-order chi connectivity index (χ1) is 9.86. The Morgan fingerprint density at radius 3 is 2.67 bits per heavy atom. The summed E-state index contributed by atoms with van der Waals surface area (Å²) in [6.45, 7) is 7.59. The van der Waals surface area contributed by atoms with E-state index in [0.717, 1.165) is 17.8 Å². The summed E-state index contributed by atoms with van der Waals surface area (Å²) in [5, 5.41) is 9.43. The lowest BCUT2D eigenvalue weighted by Gasteiger charge is -2.20. The van der Waals surface area contributed by atoms with Crippen LogP contribution in [0.1, 0.15) is 43.4 Å². The molecule has 0 aliphatic rings. The van der Waals surface area contributed by atoms with Gasteiger partial charge in [0.25, 0.3) is 0 Å². The summed E-state index contributed by atoms with van der Waals surface area (Å²) in [7, 11) is 1.67. The van der Waals surface area contributed by atoms with Crippen LogP contribution >= 0.6 is 0 Å². The predicted octanol–water partition coefficient (Wildman–Crippen LogP) is 3.07. The molecule has 1 N–H and O–H groups in total.